The number of hydrogen-bond donors (Lipinski definition) is 0. The summed E-state index contributed by atoms with van der Waals surface area (Å²) >= 11 is 0. The standard InChI is InChI=1S/C25H21F3N6O/c26-25(27,28)18-6-3-5-17(15-18)16-32-10-12-33(13-11-32)24-29-20-8-2-1-7-19(20)22-30-31-23(34(22)24)21-9-4-14-35-21/h1-9,14-15H,10-13,16H2. The highest BCUT2D eigenvalue weighted by atomic mass is 19.4. The molecule has 10 heteroatoms. The summed E-state index contributed by atoms with van der Waals surface area (Å²) in [6.07, 6.45) is -2.75. The van der Waals surface area contributed by atoms with Crippen LogP contribution in [-0.4, -0.2) is 50.7 Å². The molecule has 1 fully saturated rings. The van der Waals surface area contributed by atoms with Crippen molar-refractivity contribution >= 4 is 22.5 Å². The summed E-state index contributed by atoms with van der Waals surface area (Å²) in [7, 11) is 0. The lowest BCUT2D eigenvalue weighted by molar-refractivity contribution is -0.137. The summed E-state index contributed by atoms with van der Waals surface area (Å²) in [6, 6.07) is 17.0. The van der Waals surface area contributed by atoms with Crippen LogP contribution in [0.4, 0.5) is 19.1 Å². The molecule has 0 unspecified atom stereocenters. The Kier molecular flexibility index (Phi) is 5.18. The molecule has 3 aromatic heterocycles. The van der Waals surface area contributed by atoms with E-state index in [1.165, 1.54) is 12.1 Å². The molecule has 7 nitrogen and oxygen atoms in total. The maximum Gasteiger partial charge on any atom is 0.416 e. The number of furan rings is 1. The van der Waals surface area contributed by atoms with E-state index in [1.807, 2.05) is 34.7 Å². The Balaban J connectivity index is 1.29. The predicted molar refractivity (Wildman–Crippen MR) is 125 cm³/mol. The van der Waals surface area contributed by atoms with Gasteiger partial charge in [0.05, 0.1) is 17.3 Å². The molecule has 35 heavy (non-hydrogen) atoms. The Hall–Kier alpha value is -3.92. The summed E-state index contributed by atoms with van der Waals surface area (Å²) < 4.78 is 46.8. The van der Waals surface area contributed by atoms with Gasteiger partial charge in [-0.15, -0.1) is 10.2 Å². The van der Waals surface area contributed by atoms with Crippen molar-refractivity contribution < 1.29 is 17.6 Å². The number of para-hydroxylation sites is 1. The number of alkyl halides is 3. The van der Waals surface area contributed by atoms with Crippen molar-refractivity contribution in [2.45, 2.75) is 12.7 Å². The first-order valence-corrected chi connectivity index (χ1v) is 11.3. The van der Waals surface area contributed by atoms with E-state index < -0.39 is 11.7 Å². The first-order valence-electron chi connectivity index (χ1n) is 11.3. The fourth-order valence-corrected chi connectivity index (χ4v) is 4.55. The molecule has 4 heterocycles. The van der Waals surface area contributed by atoms with Gasteiger partial charge in [-0.05, 0) is 35.9 Å². The van der Waals surface area contributed by atoms with Gasteiger partial charge in [0.1, 0.15) is 0 Å². The maximum absolute atomic E-state index is 13.1. The zero-order valence-corrected chi connectivity index (χ0v) is 18.6. The molecule has 6 rings (SSSR count). The van der Waals surface area contributed by atoms with Crippen molar-refractivity contribution in [3.8, 4) is 11.6 Å². The number of benzene rings is 2. The van der Waals surface area contributed by atoms with E-state index in [4.69, 9.17) is 9.40 Å². The van der Waals surface area contributed by atoms with Crippen LogP contribution in [0.1, 0.15) is 11.1 Å². The number of hydrogen-bond acceptors (Lipinski definition) is 6. The molecule has 2 aromatic carbocycles. The smallest absolute Gasteiger partial charge is 0.416 e. The molecular formula is C25H21F3N6O. The second kappa shape index (κ2) is 8.38. The van der Waals surface area contributed by atoms with Crippen LogP contribution in [0.5, 0.6) is 0 Å². The van der Waals surface area contributed by atoms with Gasteiger partial charge < -0.3 is 9.32 Å². The maximum atomic E-state index is 13.1. The molecule has 5 aromatic rings. The predicted octanol–water partition coefficient (Wildman–Crippen LogP) is 4.88. The Morgan fingerprint density at radius 2 is 1.71 bits per heavy atom. The summed E-state index contributed by atoms with van der Waals surface area (Å²) in [5.74, 6) is 1.89. The van der Waals surface area contributed by atoms with E-state index in [0.717, 1.165) is 17.0 Å². The topological polar surface area (TPSA) is 62.7 Å². The van der Waals surface area contributed by atoms with E-state index in [-0.39, 0.29) is 0 Å². The molecular weight excluding hydrogens is 457 g/mol. The SMILES string of the molecule is FC(F)(F)c1cccc(CN2CCN(c3nc4ccccc4c4nnc(-c5ccco5)n34)CC2)c1. The Labute approximate surface area is 198 Å². The van der Waals surface area contributed by atoms with Crippen molar-refractivity contribution in [1.29, 1.82) is 0 Å². The highest BCUT2D eigenvalue weighted by Gasteiger charge is 2.31. The monoisotopic (exact) mass is 478 g/mol. The Morgan fingerprint density at radius 1 is 0.886 bits per heavy atom. The third-order valence-electron chi connectivity index (χ3n) is 6.29. The first-order chi connectivity index (χ1) is 17.0. The number of anilines is 1. The van der Waals surface area contributed by atoms with Crippen LogP contribution in [0, 0.1) is 0 Å². The summed E-state index contributed by atoms with van der Waals surface area (Å²) in [4.78, 5) is 9.26. The second-order valence-electron chi connectivity index (χ2n) is 8.55. The van der Waals surface area contributed by atoms with Crippen molar-refractivity contribution in [3.05, 3.63) is 78.1 Å². The van der Waals surface area contributed by atoms with Crippen LogP contribution in [0.15, 0.2) is 71.3 Å². The second-order valence-corrected chi connectivity index (χ2v) is 8.55. The lowest BCUT2D eigenvalue weighted by atomic mass is 10.1. The summed E-state index contributed by atoms with van der Waals surface area (Å²) in [5.41, 5.74) is 1.55. The van der Waals surface area contributed by atoms with Gasteiger partial charge in [0.25, 0.3) is 0 Å². The van der Waals surface area contributed by atoms with Crippen LogP contribution in [-0.2, 0) is 12.7 Å². The lowest BCUT2D eigenvalue weighted by Gasteiger charge is -2.35. The number of halogens is 3. The van der Waals surface area contributed by atoms with Gasteiger partial charge in [0.15, 0.2) is 11.4 Å². The molecule has 1 saturated heterocycles. The molecule has 0 saturated carbocycles. The van der Waals surface area contributed by atoms with E-state index >= 15 is 0 Å². The minimum atomic E-state index is -4.34. The minimum Gasteiger partial charge on any atom is -0.461 e. The molecule has 0 spiro atoms. The lowest BCUT2D eigenvalue weighted by Crippen LogP contribution is -2.46. The molecule has 0 N–H and O–H groups in total. The Bertz CT molecular complexity index is 1490. The number of piperazine rings is 1. The van der Waals surface area contributed by atoms with Crippen LogP contribution in [0.25, 0.3) is 28.1 Å². The van der Waals surface area contributed by atoms with E-state index in [9.17, 15) is 13.2 Å². The van der Waals surface area contributed by atoms with Crippen molar-refractivity contribution in [2.75, 3.05) is 31.1 Å². The third-order valence-corrected chi connectivity index (χ3v) is 6.29. The number of fused-ring (bicyclic) bond motifs is 3. The van der Waals surface area contributed by atoms with Gasteiger partial charge in [-0.1, -0.05) is 30.3 Å². The quantitative estimate of drug-likeness (QED) is 0.367. The van der Waals surface area contributed by atoms with Gasteiger partial charge in [-0.3, -0.25) is 4.90 Å². The van der Waals surface area contributed by atoms with Gasteiger partial charge in [-0.2, -0.15) is 13.2 Å². The van der Waals surface area contributed by atoms with E-state index in [0.29, 0.717) is 61.5 Å². The molecule has 0 atom stereocenters. The van der Waals surface area contributed by atoms with Crippen LogP contribution >= 0.6 is 0 Å². The zero-order chi connectivity index (χ0) is 24.0. The fraction of sp³-hybridized carbons (Fsp3) is 0.240. The number of aromatic nitrogens is 4. The van der Waals surface area contributed by atoms with Crippen molar-refractivity contribution in [1.82, 2.24) is 24.5 Å². The molecule has 1 aliphatic heterocycles. The molecule has 1 aliphatic rings. The zero-order valence-electron chi connectivity index (χ0n) is 18.6. The summed E-state index contributed by atoms with van der Waals surface area (Å²) in [5, 5.41) is 9.73. The Morgan fingerprint density at radius 3 is 2.49 bits per heavy atom. The average Bonchev–Trinajstić information content (AvgIpc) is 3.54. The van der Waals surface area contributed by atoms with E-state index in [2.05, 4.69) is 20.0 Å². The summed E-state index contributed by atoms with van der Waals surface area (Å²) in [6.45, 7) is 3.15. The minimum absolute atomic E-state index is 0.461. The largest absolute Gasteiger partial charge is 0.461 e. The van der Waals surface area contributed by atoms with Crippen LogP contribution < -0.4 is 4.90 Å². The normalized spacial score (nSPS) is 15.3. The van der Waals surface area contributed by atoms with Gasteiger partial charge >= 0.3 is 6.18 Å². The average molecular weight is 478 g/mol. The van der Waals surface area contributed by atoms with Crippen LogP contribution in [0.2, 0.25) is 0 Å². The molecule has 178 valence electrons. The molecule has 0 amide bonds. The highest BCUT2D eigenvalue weighted by Crippen LogP contribution is 2.31. The first kappa shape index (κ1) is 21.6. The van der Waals surface area contributed by atoms with Gasteiger partial charge in [0, 0.05) is 38.1 Å². The number of nitrogens with zero attached hydrogens (tertiary/aromatic N) is 6. The van der Waals surface area contributed by atoms with Crippen molar-refractivity contribution in [2.24, 2.45) is 0 Å². The van der Waals surface area contributed by atoms with Gasteiger partial charge in [0.2, 0.25) is 11.8 Å². The third kappa shape index (κ3) is 3.99. The van der Waals surface area contributed by atoms with Crippen molar-refractivity contribution in [3.63, 3.8) is 0 Å². The van der Waals surface area contributed by atoms with E-state index in [1.54, 1.807) is 18.4 Å². The van der Waals surface area contributed by atoms with Gasteiger partial charge in [-0.25, -0.2) is 9.38 Å². The molecule has 0 aliphatic carbocycles. The van der Waals surface area contributed by atoms with Crippen LogP contribution in [0.3, 0.4) is 0 Å². The fourth-order valence-electron chi connectivity index (χ4n) is 4.55. The molecule has 0 radical (unpaired) electrons. The number of rotatable bonds is 4. The highest BCUT2D eigenvalue weighted by molar-refractivity contribution is 5.93. The molecule has 0 bridgehead atoms.